The van der Waals surface area contributed by atoms with Crippen LogP contribution in [0.1, 0.15) is 25.7 Å². The van der Waals surface area contributed by atoms with Crippen LogP contribution in [0.15, 0.2) is 17.0 Å². The molecule has 0 aromatic carbocycles. The first-order valence-corrected chi connectivity index (χ1v) is 6.29. The largest absolute Gasteiger partial charge is 0.355 e. The summed E-state index contributed by atoms with van der Waals surface area (Å²) in [5.41, 5.74) is 0.634. The number of nitrogens with zero attached hydrogens (tertiary/aromatic N) is 3. The van der Waals surface area contributed by atoms with Crippen LogP contribution in [0.2, 0.25) is 0 Å². The van der Waals surface area contributed by atoms with Crippen LogP contribution in [-0.4, -0.2) is 23.1 Å². The highest BCUT2D eigenvalue weighted by molar-refractivity contribution is 9.10. The summed E-state index contributed by atoms with van der Waals surface area (Å²) in [5, 5.41) is 0. The molecule has 2 aliphatic rings. The van der Waals surface area contributed by atoms with Crippen molar-refractivity contribution >= 4 is 21.7 Å². The number of hydrogen-bond donors (Lipinski definition) is 0. The topological polar surface area (TPSA) is 29.0 Å². The molecule has 1 spiro atoms. The molecule has 2 fully saturated rings. The molecule has 1 aliphatic heterocycles. The molecule has 2 heterocycles. The van der Waals surface area contributed by atoms with Gasteiger partial charge in [-0.1, -0.05) is 6.42 Å². The van der Waals surface area contributed by atoms with Crippen molar-refractivity contribution in [3.05, 3.63) is 17.0 Å². The summed E-state index contributed by atoms with van der Waals surface area (Å²) >= 11 is 3.31. The lowest BCUT2D eigenvalue weighted by atomic mass is 9.68. The van der Waals surface area contributed by atoms with Crippen molar-refractivity contribution in [1.82, 2.24) is 9.97 Å². The number of aromatic nitrogens is 2. The van der Waals surface area contributed by atoms with E-state index in [1.807, 2.05) is 6.20 Å². The van der Waals surface area contributed by atoms with E-state index in [2.05, 4.69) is 30.8 Å². The summed E-state index contributed by atoms with van der Waals surface area (Å²) in [5.74, 6) is 1.03. The average Bonchev–Trinajstić information content (AvgIpc) is 2.63. The fourth-order valence-electron chi connectivity index (χ4n) is 2.68. The van der Waals surface area contributed by atoms with Gasteiger partial charge in [0.1, 0.15) is 10.4 Å². The molecule has 0 amide bonds. The zero-order valence-electron chi connectivity index (χ0n) is 8.62. The summed E-state index contributed by atoms with van der Waals surface area (Å²) in [7, 11) is 0. The summed E-state index contributed by atoms with van der Waals surface area (Å²) in [6.45, 7) is 2.33. The third-order valence-electron chi connectivity index (χ3n) is 3.78. The smallest absolute Gasteiger partial charge is 0.147 e. The van der Waals surface area contributed by atoms with E-state index in [4.69, 9.17) is 0 Å². The van der Waals surface area contributed by atoms with Crippen LogP contribution in [0.5, 0.6) is 0 Å². The van der Waals surface area contributed by atoms with Crippen molar-refractivity contribution in [3.63, 3.8) is 0 Å². The van der Waals surface area contributed by atoms with Crippen LogP contribution in [0.25, 0.3) is 0 Å². The van der Waals surface area contributed by atoms with Gasteiger partial charge in [-0.15, -0.1) is 0 Å². The maximum atomic E-state index is 4.40. The van der Waals surface area contributed by atoms with Crippen molar-refractivity contribution in [2.24, 2.45) is 5.41 Å². The van der Waals surface area contributed by atoms with Crippen LogP contribution >= 0.6 is 15.9 Å². The fourth-order valence-corrected chi connectivity index (χ4v) is 2.89. The van der Waals surface area contributed by atoms with Crippen molar-refractivity contribution in [2.45, 2.75) is 25.7 Å². The summed E-state index contributed by atoms with van der Waals surface area (Å²) in [6.07, 6.45) is 9.22. The second-order valence-electron chi connectivity index (χ2n) is 4.72. The zero-order chi connectivity index (χ0) is 10.3. The molecule has 1 saturated heterocycles. The molecule has 0 radical (unpaired) electrons. The van der Waals surface area contributed by atoms with Gasteiger partial charge in [-0.05, 0) is 40.6 Å². The Labute approximate surface area is 98.0 Å². The Morgan fingerprint density at radius 2 is 2.07 bits per heavy atom. The molecule has 3 rings (SSSR count). The summed E-state index contributed by atoms with van der Waals surface area (Å²) in [4.78, 5) is 11.0. The zero-order valence-corrected chi connectivity index (χ0v) is 10.2. The Kier molecular flexibility index (Phi) is 2.20. The van der Waals surface area contributed by atoms with Gasteiger partial charge in [-0.25, -0.2) is 9.97 Å². The second kappa shape index (κ2) is 3.44. The highest BCUT2D eigenvalue weighted by Crippen LogP contribution is 2.48. The molecular formula is C11H14BrN3. The SMILES string of the molecule is Brc1cnc(N2CCC3(CCC3)C2)cn1. The summed E-state index contributed by atoms with van der Waals surface area (Å²) in [6, 6.07) is 0. The Morgan fingerprint density at radius 3 is 2.60 bits per heavy atom. The Hall–Kier alpha value is -0.640. The molecule has 4 heteroatoms. The number of anilines is 1. The first-order valence-electron chi connectivity index (χ1n) is 5.50. The molecule has 3 nitrogen and oxygen atoms in total. The van der Waals surface area contributed by atoms with Crippen molar-refractivity contribution < 1.29 is 0 Å². The van der Waals surface area contributed by atoms with Crippen LogP contribution < -0.4 is 4.90 Å². The molecule has 15 heavy (non-hydrogen) atoms. The maximum Gasteiger partial charge on any atom is 0.147 e. The van der Waals surface area contributed by atoms with Gasteiger partial charge in [-0.3, -0.25) is 0 Å². The van der Waals surface area contributed by atoms with Gasteiger partial charge in [0.2, 0.25) is 0 Å². The van der Waals surface area contributed by atoms with E-state index in [1.54, 1.807) is 6.20 Å². The van der Waals surface area contributed by atoms with E-state index in [9.17, 15) is 0 Å². The van der Waals surface area contributed by atoms with E-state index in [0.29, 0.717) is 5.41 Å². The lowest BCUT2D eigenvalue weighted by Crippen LogP contribution is -2.33. The number of hydrogen-bond acceptors (Lipinski definition) is 3. The standard InChI is InChI=1S/C11H14BrN3/c12-9-6-14-10(7-13-9)15-5-4-11(8-15)2-1-3-11/h6-7H,1-5,8H2. The molecule has 0 unspecified atom stereocenters. The van der Waals surface area contributed by atoms with Gasteiger partial charge in [0, 0.05) is 13.1 Å². The molecule has 0 N–H and O–H groups in total. The van der Waals surface area contributed by atoms with Crippen LogP contribution in [0, 0.1) is 5.41 Å². The first kappa shape index (κ1) is 9.58. The predicted molar refractivity (Wildman–Crippen MR) is 62.8 cm³/mol. The predicted octanol–water partition coefficient (Wildman–Crippen LogP) is 2.62. The quantitative estimate of drug-likeness (QED) is 0.784. The third-order valence-corrected chi connectivity index (χ3v) is 4.19. The molecule has 1 aromatic heterocycles. The molecule has 1 saturated carbocycles. The van der Waals surface area contributed by atoms with Crippen LogP contribution in [0.4, 0.5) is 5.82 Å². The Morgan fingerprint density at radius 1 is 1.20 bits per heavy atom. The van der Waals surface area contributed by atoms with Crippen LogP contribution in [-0.2, 0) is 0 Å². The van der Waals surface area contributed by atoms with Gasteiger partial charge in [0.25, 0.3) is 0 Å². The van der Waals surface area contributed by atoms with Gasteiger partial charge >= 0.3 is 0 Å². The minimum atomic E-state index is 0.634. The van der Waals surface area contributed by atoms with E-state index in [0.717, 1.165) is 17.0 Å². The van der Waals surface area contributed by atoms with Crippen molar-refractivity contribution in [2.75, 3.05) is 18.0 Å². The fraction of sp³-hybridized carbons (Fsp3) is 0.636. The summed E-state index contributed by atoms with van der Waals surface area (Å²) < 4.78 is 0.809. The van der Waals surface area contributed by atoms with Crippen LogP contribution in [0.3, 0.4) is 0 Å². The lowest BCUT2D eigenvalue weighted by molar-refractivity contribution is 0.165. The Balaban J connectivity index is 1.76. The minimum Gasteiger partial charge on any atom is -0.355 e. The normalized spacial score (nSPS) is 23.1. The molecule has 0 bridgehead atoms. The molecule has 1 aliphatic carbocycles. The van der Waals surface area contributed by atoms with Gasteiger partial charge in [0.05, 0.1) is 12.4 Å². The van der Waals surface area contributed by atoms with E-state index < -0.39 is 0 Å². The highest BCUT2D eigenvalue weighted by atomic mass is 79.9. The molecule has 0 atom stereocenters. The number of rotatable bonds is 1. The minimum absolute atomic E-state index is 0.634. The van der Waals surface area contributed by atoms with Crippen molar-refractivity contribution in [3.8, 4) is 0 Å². The maximum absolute atomic E-state index is 4.40. The monoisotopic (exact) mass is 267 g/mol. The second-order valence-corrected chi connectivity index (χ2v) is 5.53. The van der Waals surface area contributed by atoms with Gasteiger partial charge in [0.15, 0.2) is 0 Å². The van der Waals surface area contributed by atoms with Gasteiger partial charge < -0.3 is 4.90 Å². The van der Waals surface area contributed by atoms with E-state index in [1.165, 1.54) is 32.2 Å². The highest BCUT2D eigenvalue weighted by Gasteiger charge is 2.43. The molecule has 80 valence electrons. The van der Waals surface area contributed by atoms with E-state index in [-0.39, 0.29) is 0 Å². The van der Waals surface area contributed by atoms with E-state index >= 15 is 0 Å². The molecular weight excluding hydrogens is 254 g/mol. The third kappa shape index (κ3) is 1.65. The first-order chi connectivity index (χ1) is 7.27. The van der Waals surface area contributed by atoms with Crippen molar-refractivity contribution in [1.29, 1.82) is 0 Å². The molecule has 1 aromatic rings. The average molecular weight is 268 g/mol. The van der Waals surface area contributed by atoms with Gasteiger partial charge in [-0.2, -0.15) is 0 Å². The lowest BCUT2D eigenvalue weighted by Gasteiger charge is -2.38. The Bertz CT molecular complexity index is 359. The number of halogens is 1.